The number of aromatic nitrogens is 1. The largest absolute Gasteiger partial charge is 0.508 e. The van der Waals surface area contributed by atoms with Crippen LogP contribution >= 0.6 is 0 Å². The molecule has 6 nitrogen and oxygen atoms in total. The highest BCUT2D eigenvalue weighted by atomic mass is 19.1. The van der Waals surface area contributed by atoms with Crippen LogP contribution in [0.25, 0.3) is 0 Å². The van der Waals surface area contributed by atoms with Gasteiger partial charge in [-0.2, -0.15) is 5.26 Å². The Morgan fingerprint density at radius 3 is 2.77 bits per heavy atom. The molecule has 2 aromatic rings. The van der Waals surface area contributed by atoms with Crippen molar-refractivity contribution in [2.24, 2.45) is 0 Å². The van der Waals surface area contributed by atoms with Crippen molar-refractivity contribution in [1.29, 1.82) is 5.26 Å². The molecule has 0 bridgehead atoms. The number of ketones is 1. The number of rotatable bonds is 6. The number of carbonyl (C=O) groups is 2. The Balaban J connectivity index is 1.94. The molecule has 0 unspecified atom stereocenters. The lowest BCUT2D eigenvalue weighted by Crippen LogP contribution is -2.36. The van der Waals surface area contributed by atoms with E-state index >= 15 is 4.39 Å². The van der Waals surface area contributed by atoms with Gasteiger partial charge in [0.1, 0.15) is 28.6 Å². The van der Waals surface area contributed by atoms with Crippen LogP contribution in [0, 0.1) is 17.1 Å². The second-order valence-electron chi connectivity index (χ2n) is 7.20. The molecule has 0 radical (unpaired) electrons. The summed E-state index contributed by atoms with van der Waals surface area (Å²) in [5, 5.41) is 22.3. The third-order valence-corrected chi connectivity index (χ3v) is 4.64. The van der Waals surface area contributed by atoms with Gasteiger partial charge < -0.3 is 10.4 Å². The molecule has 1 heterocycles. The van der Waals surface area contributed by atoms with E-state index in [1.165, 1.54) is 18.3 Å². The number of amides is 1. The number of nitrogens with one attached hydrogen (secondary N) is 1. The molecule has 0 spiro atoms. The van der Waals surface area contributed by atoms with Crippen molar-refractivity contribution < 1.29 is 32.8 Å². The molecule has 1 saturated carbocycles. The molecular formula is C23H24FN3O3. The first-order valence-electron chi connectivity index (χ1n) is 13.9. The Morgan fingerprint density at radius 2 is 2.13 bits per heavy atom. The van der Waals surface area contributed by atoms with Crippen molar-refractivity contribution in [3.05, 3.63) is 58.6 Å². The van der Waals surface area contributed by atoms with Crippen LogP contribution in [-0.4, -0.2) is 27.3 Å². The van der Waals surface area contributed by atoms with Gasteiger partial charge in [-0.15, -0.1) is 0 Å². The summed E-state index contributed by atoms with van der Waals surface area (Å²) in [6.07, 6.45) is 1.05. The van der Waals surface area contributed by atoms with Crippen molar-refractivity contribution >= 4 is 11.7 Å². The van der Waals surface area contributed by atoms with Gasteiger partial charge in [0.2, 0.25) is 0 Å². The summed E-state index contributed by atoms with van der Waals surface area (Å²) in [7, 11) is 0. The Kier molecular flexibility index (Phi) is 3.09. The Bertz CT molecular complexity index is 1360. The summed E-state index contributed by atoms with van der Waals surface area (Å²) < 4.78 is 93.0. The number of benzene rings is 1. The summed E-state index contributed by atoms with van der Waals surface area (Å²) in [6.45, 7) is -11.4. The van der Waals surface area contributed by atoms with Crippen LogP contribution in [0.3, 0.4) is 0 Å². The Labute approximate surface area is 188 Å². The number of pyridine rings is 1. The zero-order valence-electron chi connectivity index (χ0n) is 25.7. The minimum atomic E-state index is -3.80. The zero-order valence-corrected chi connectivity index (χ0v) is 15.7. The zero-order chi connectivity index (χ0) is 30.5. The summed E-state index contributed by atoms with van der Waals surface area (Å²) in [5.74, 6) is -4.17. The number of aromatic hydroxyl groups is 1. The standard InChI is InChI=1S/C23H24FN3O3/c1-22(2,3)17-12-18(24)15(11-20(17)29)10-16(28)8-14-4-7-26-19(9-14)21(30)27-23(13-25)5-6-23/h4,7,9,11-12,29H,5-6,8,10H2,1-3H3,(H,27,30)/i1D3,2D3,3D3,11D. The molecule has 156 valence electrons. The van der Waals surface area contributed by atoms with Crippen molar-refractivity contribution in [3.63, 3.8) is 0 Å². The molecule has 1 fully saturated rings. The highest BCUT2D eigenvalue weighted by Gasteiger charge is 2.44. The number of halogens is 1. The third kappa shape index (κ3) is 4.82. The predicted molar refractivity (Wildman–Crippen MR) is 108 cm³/mol. The van der Waals surface area contributed by atoms with Gasteiger partial charge in [0.25, 0.3) is 5.91 Å². The highest BCUT2D eigenvalue weighted by molar-refractivity contribution is 5.94. The summed E-state index contributed by atoms with van der Waals surface area (Å²) in [4.78, 5) is 29.1. The maximum Gasteiger partial charge on any atom is 0.271 e. The fourth-order valence-electron chi connectivity index (χ4n) is 2.83. The molecular weight excluding hydrogens is 385 g/mol. The van der Waals surface area contributed by atoms with Crippen LogP contribution in [0.1, 0.15) is 74.3 Å². The maximum atomic E-state index is 15.2. The van der Waals surface area contributed by atoms with E-state index in [2.05, 4.69) is 10.3 Å². The normalized spacial score (nSPS) is 20.8. The fourth-order valence-corrected chi connectivity index (χ4v) is 2.83. The van der Waals surface area contributed by atoms with E-state index in [4.69, 9.17) is 19.0 Å². The molecule has 1 aromatic heterocycles. The van der Waals surface area contributed by atoms with Crippen LogP contribution in [0.15, 0.2) is 30.4 Å². The van der Waals surface area contributed by atoms with E-state index in [9.17, 15) is 14.7 Å². The molecule has 1 aliphatic rings. The molecule has 30 heavy (non-hydrogen) atoms. The maximum absolute atomic E-state index is 15.2. The minimum absolute atomic E-state index is 0.0727. The van der Waals surface area contributed by atoms with E-state index < -0.39 is 78.4 Å². The molecule has 7 heteroatoms. The quantitative estimate of drug-likeness (QED) is 0.747. The first-order valence-corrected chi connectivity index (χ1v) is 8.92. The van der Waals surface area contributed by atoms with Gasteiger partial charge in [0.05, 0.1) is 7.44 Å². The van der Waals surface area contributed by atoms with Gasteiger partial charge in [-0.05, 0) is 53.6 Å². The minimum Gasteiger partial charge on any atom is -0.508 e. The molecule has 1 amide bonds. The van der Waals surface area contributed by atoms with E-state index in [0.717, 1.165) is 0 Å². The molecule has 0 saturated heterocycles. The second kappa shape index (κ2) is 7.86. The van der Waals surface area contributed by atoms with Crippen molar-refractivity contribution in [2.45, 2.75) is 57.2 Å². The van der Waals surface area contributed by atoms with Gasteiger partial charge in [-0.25, -0.2) is 4.39 Å². The number of phenols is 1. The van der Waals surface area contributed by atoms with Gasteiger partial charge in [0, 0.05) is 36.9 Å². The number of hydrogen-bond acceptors (Lipinski definition) is 5. The Hall–Kier alpha value is -3.27. The fraction of sp³-hybridized carbons (Fsp3) is 0.391. The topological polar surface area (TPSA) is 103 Å². The van der Waals surface area contributed by atoms with Crippen molar-refractivity contribution in [3.8, 4) is 11.8 Å². The number of phenolic OH excluding ortho intramolecular Hbond substituents is 1. The van der Waals surface area contributed by atoms with Crippen LogP contribution in [-0.2, 0) is 23.1 Å². The number of carbonyl (C=O) groups excluding carboxylic acids is 2. The van der Waals surface area contributed by atoms with Gasteiger partial charge in [-0.3, -0.25) is 14.6 Å². The molecule has 3 rings (SSSR count). The SMILES string of the molecule is [2H]c1c(O)c(C(C([2H])([2H])[2H])(C([2H])([2H])[2H])C([2H])([2H])[2H])cc(F)c1CC(=O)Cc1ccnc(C(=O)NC2(C#N)CC2)c1. The molecule has 1 aliphatic carbocycles. The van der Waals surface area contributed by atoms with Gasteiger partial charge in [0.15, 0.2) is 0 Å². The average molecular weight is 420 g/mol. The molecule has 0 atom stereocenters. The number of Topliss-reactive ketones (excluding diaryl/α,β-unsaturated/α-hetero) is 1. The first-order chi connectivity index (χ1) is 18.2. The second-order valence-corrected chi connectivity index (χ2v) is 7.20. The molecule has 1 aromatic carbocycles. The van der Waals surface area contributed by atoms with Gasteiger partial charge in [-0.1, -0.05) is 20.6 Å². The number of nitrogens with zero attached hydrogens (tertiary/aromatic N) is 2. The van der Waals surface area contributed by atoms with E-state index in [1.807, 2.05) is 6.07 Å². The van der Waals surface area contributed by atoms with Gasteiger partial charge >= 0.3 is 0 Å². The van der Waals surface area contributed by atoms with E-state index in [-0.39, 0.29) is 23.7 Å². The van der Waals surface area contributed by atoms with E-state index in [1.54, 1.807) is 0 Å². The highest BCUT2D eigenvalue weighted by Crippen LogP contribution is 2.34. The van der Waals surface area contributed by atoms with E-state index in [0.29, 0.717) is 12.8 Å². The summed E-state index contributed by atoms with van der Waals surface area (Å²) >= 11 is 0. The first kappa shape index (κ1) is 11.8. The molecule has 2 N–H and O–H groups in total. The van der Waals surface area contributed by atoms with Crippen LogP contribution in [0.5, 0.6) is 5.75 Å². The van der Waals surface area contributed by atoms with Crippen molar-refractivity contribution in [2.75, 3.05) is 0 Å². The average Bonchev–Trinajstić information content (AvgIpc) is 3.57. The lowest BCUT2D eigenvalue weighted by Gasteiger charge is -2.21. The van der Waals surface area contributed by atoms with Crippen LogP contribution < -0.4 is 5.32 Å². The summed E-state index contributed by atoms with van der Waals surface area (Å²) in [5.41, 5.74) is -6.51. The van der Waals surface area contributed by atoms with Crippen LogP contribution in [0.4, 0.5) is 4.39 Å². The molecule has 0 aliphatic heterocycles. The summed E-state index contributed by atoms with van der Waals surface area (Å²) in [6, 6.07) is 3.79. The number of hydrogen-bond donors (Lipinski definition) is 2. The predicted octanol–water partition coefficient (Wildman–Crippen LogP) is 3.36. The monoisotopic (exact) mass is 419 g/mol. The Morgan fingerprint density at radius 1 is 1.40 bits per heavy atom. The smallest absolute Gasteiger partial charge is 0.271 e. The van der Waals surface area contributed by atoms with Crippen molar-refractivity contribution in [1.82, 2.24) is 10.3 Å². The number of nitriles is 1. The third-order valence-electron chi connectivity index (χ3n) is 4.64. The van der Waals surface area contributed by atoms with Crippen LogP contribution in [0.2, 0.25) is 0 Å². The lowest BCUT2D eigenvalue weighted by atomic mass is 9.85. The lowest BCUT2D eigenvalue weighted by molar-refractivity contribution is -0.117.